The molecule has 0 aliphatic rings. The lowest BCUT2D eigenvalue weighted by Crippen LogP contribution is -2.28. The van der Waals surface area contributed by atoms with Crippen LogP contribution in [0.3, 0.4) is 0 Å². The molecule has 6 nitrogen and oxygen atoms in total. The van der Waals surface area contributed by atoms with Gasteiger partial charge in [-0.15, -0.1) is 0 Å². The lowest BCUT2D eigenvalue weighted by atomic mass is 10.2. The third-order valence-corrected chi connectivity index (χ3v) is 5.25. The fourth-order valence-corrected chi connectivity index (χ4v) is 3.36. The van der Waals surface area contributed by atoms with Gasteiger partial charge in [-0.2, -0.15) is 10.2 Å². The van der Waals surface area contributed by atoms with Gasteiger partial charge in [0.15, 0.2) is 10.9 Å². The summed E-state index contributed by atoms with van der Waals surface area (Å²) in [5, 5.41) is 16.5. The summed E-state index contributed by atoms with van der Waals surface area (Å²) in [4.78, 5) is 0. The summed E-state index contributed by atoms with van der Waals surface area (Å²) < 4.78 is 4.55. The smallest absolute Gasteiger partial charge is 0.172 e. The second kappa shape index (κ2) is 8.86. The van der Waals surface area contributed by atoms with E-state index in [1.54, 1.807) is 0 Å². The molecular formula is C18H20BrClN6S. The van der Waals surface area contributed by atoms with E-state index >= 15 is 0 Å². The molecule has 142 valence electrons. The van der Waals surface area contributed by atoms with Gasteiger partial charge >= 0.3 is 0 Å². The Kier molecular flexibility index (Phi) is 6.51. The molecule has 27 heavy (non-hydrogen) atoms. The van der Waals surface area contributed by atoms with E-state index < -0.39 is 0 Å². The third kappa shape index (κ3) is 5.09. The molecule has 2 aromatic heterocycles. The predicted octanol–water partition coefficient (Wildman–Crippen LogP) is 4.36. The number of aryl methyl sites for hydroxylation is 2. The van der Waals surface area contributed by atoms with Crippen LogP contribution in [0.25, 0.3) is 0 Å². The molecule has 3 aromatic rings. The first-order valence-electron chi connectivity index (χ1n) is 8.50. The van der Waals surface area contributed by atoms with Crippen LogP contribution in [0.2, 0.25) is 5.02 Å². The number of rotatable bonds is 6. The molecule has 0 aliphatic carbocycles. The average molecular weight is 468 g/mol. The van der Waals surface area contributed by atoms with Crippen LogP contribution in [0.15, 0.2) is 41.1 Å². The first-order chi connectivity index (χ1) is 13.0. The molecule has 0 radical (unpaired) electrons. The second-order valence-electron chi connectivity index (χ2n) is 6.02. The van der Waals surface area contributed by atoms with Crippen LogP contribution < -0.4 is 10.6 Å². The van der Waals surface area contributed by atoms with E-state index in [9.17, 15) is 0 Å². The van der Waals surface area contributed by atoms with E-state index in [-0.39, 0.29) is 0 Å². The number of hydrogen-bond acceptors (Lipinski definition) is 3. The summed E-state index contributed by atoms with van der Waals surface area (Å²) in [5.74, 6) is 0.653. The Bertz CT molecular complexity index is 951. The summed E-state index contributed by atoms with van der Waals surface area (Å²) in [6, 6.07) is 7.72. The Morgan fingerprint density at radius 2 is 1.96 bits per heavy atom. The zero-order valence-electron chi connectivity index (χ0n) is 15.0. The maximum absolute atomic E-state index is 6.22. The summed E-state index contributed by atoms with van der Waals surface area (Å²) in [7, 11) is 0. The summed E-state index contributed by atoms with van der Waals surface area (Å²) in [6.07, 6.45) is 3.92. The average Bonchev–Trinajstić information content (AvgIpc) is 3.17. The largest absolute Gasteiger partial charge is 0.358 e. The van der Waals surface area contributed by atoms with Crippen molar-refractivity contribution in [2.24, 2.45) is 0 Å². The van der Waals surface area contributed by atoms with Crippen molar-refractivity contribution in [2.75, 3.05) is 5.32 Å². The quantitative estimate of drug-likeness (QED) is 0.528. The van der Waals surface area contributed by atoms with Crippen molar-refractivity contribution < 1.29 is 0 Å². The fraction of sp³-hybridized carbons (Fsp3) is 0.278. The number of benzene rings is 1. The molecule has 1 aromatic carbocycles. The molecule has 0 saturated heterocycles. The monoisotopic (exact) mass is 466 g/mol. The number of halogens is 2. The van der Waals surface area contributed by atoms with Gasteiger partial charge in [0.1, 0.15) is 0 Å². The third-order valence-electron chi connectivity index (χ3n) is 4.05. The number of thiocarbonyl (C=S) groups is 1. The van der Waals surface area contributed by atoms with E-state index in [0.717, 1.165) is 32.9 Å². The molecule has 9 heteroatoms. The molecule has 3 rings (SSSR count). The molecule has 0 unspecified atom stereocenters. The van der Waals surface area contributed by atoms with E-state index in [1.807, 2.05) is 52.9 Å². The maximum Gasteiger partial charge on any atom is 0.172 e. The SMILES string of the molecule is CCn1cc(CNC(=S)Nc2nn(Cc3ccccc3Cl)cc2Br)c(C)n1. The van der Waals surface area contributed by atoms with E-state index in [4.69, 9.17) is 23.8 Å². The maximum atomic E-state index is 6.22. The Morgan fingerprint density at radius 3 is 2.67 bits per heavy atom. The van der Waals surface area contributed by atoms with Crippen molar-refractivity contribution in [3.8, 4) is 0 Å². The van der Waals surface area contributed by atoms with Gasteiger partial charge in [-0.05, 0) is 53.6 Å². The van der Waals surface area contributed by atoms with Gasteiger partial charge in [0.05, 0.1) is 16.7 Å². The molecule has 0 saturated carbocycles. The number of hydrogen-bond donors (Lipinski definition) is 2. The molecule has 0 aliphatic heterocycles. The van der Waals surface area contributed by atoms with Crippen LogP contribution >= 0.6 is 39.7 Å². The zero-order chi connectivity index (χ0) is 19.4. The molecule has 2 N–H and O–H groups in total. The Labute approximate surface area is 177 Å². The Morgan fingerprint density at radius 1 is 1.19 bits per heavy atom. The zero-order valence-corrected chi connectivity index (χ0v) is 18.2. The van der Waals surface area contributed by atoms with E-state index in [2.05, 4.69) is 43.7 Å². The van der Waals surface area contributed by atoms with Crippen molar-refractivity contribution >= 4 is 50.7 Å². The highest BCUT2D eigenvalue weighted by Gasteiger charge is 2.10. The van der Waals surface area contributed by atoms with Crippen LogP contribution in [-0.2, 0) is 19.6 Å². The second-order valence-corrected chi connectivity index (χ2v) is 7.69. The molecule has 2 heterocycles. The molecule has 0 fully saturated rings. The van der Waals surface area contributed by atoms with Gasteiger partial charge in [0.2, 0.25) is 0 Å². The number of nitrogens with one attached hydrogen (secondary N) is 2. The minimum absolute atomic E-state index is 0.502. The van der Waals surface area contributed by atoms with Crippen LogP contribution in [0.1, 0.15) is 23.7 Å². The topological polar surface area (TPSA) is 59.7 Å². The van der Waals surface area contributed by atoms with Crippen molar-refractivity contribution in [1.82, 2.24) is 24.9 Å². The van der Waals surface area contributed by atoms with Gasteiger partial charge < -0.3 is 10.6 Å². The Balaban J connectivity index is 1.60. The lowest BCUT2D eigenvalue weighted by molar-refractivity contribution is 0.653. The molecule has 0 bridgehead atoms. The van der Waals surface area contributed by atoms with Crippen molar-refractivity contribution in [1.29, 1.82) is 0 Å². The minimum atomic E-state index is 0.502. The summed E-state index contributed by atoms with van der Waals surface area (Å²) in [6.45, 7) is 6.09. The van der Waals surface area contributed by atoms with Gasteiger partial charge in [-0.3, -0.25) is 9.36 Å². The van der Waals surface area contributed by atoms with Gasteiger partial charge in [0.25, 0.3) is 0 Å². The van der Waals surface area contributed by atoms with Crippen molar-refractivity contribution in [3.05, 3.63) is 63.0 Å². The highest BCUT2D eigenvalue weighted by Crippen LogP contribution is 2.22. The standard InChI is InChI=1S/C18H20BrClN6S/c1-3-25-10-14(12(2)23-25)8-21-18(27)22-17-15(19)11-26(24-17)9-13-6-4-5-7-16(13)20/h4-7,10-11H,3,8-9H2,1-2H3,(H2,21,22,24,27). The van der Waals surface area contributed by atoms with Gasteiger partial charge in [-0.25, -0.2) is 0 Å². The van der Waals surface area contributed by atoms with E-state index in [0.29, 0.717) is 24.0 Å². The number of aromatic nitrogens is 4. The van der Waals surface area contributed by atoms with Gasteiger partial charge in [0, 0.05) is 36.1 Å². The Hall–Kier alpha value is -1.90. The van der Waals surface area contributed by atoms with Crippen LogP contribution in [0.5, 0.6) is 0 Å². The molecule has 0 amide bonds. The highest BCUT2D eigenvalue weighted by molar-refractivity contribution is 9.10. The lowest BCUT2D eigenvalue weighted by Gasteiger charge is -2.08. The number of nitrogens with zero attached hydrogens (tertiary/aromatic N) is 4. The molecule has 0 spiro atoms. The van der Waals surface area contributed by atoms with Crippen LogP contribution in [-0.4, -0.2) is 24.7 Å². The normalized spacial score (nSPS) is 10.8. The van der Waals surface area contributed by atoms with Crippen LogP contribution in [0.4, 0.5) is 5.82 Å². The van der Waals surface area contributed by atoms with E-state index in [1.165, 1.54) is 0 Å². The minimum Gasteiger partial charge on any atom is -0.358 e. The highest BCUT2D eigenvalue weighted by atomic mass is 79.9. The molecular weight excluding hydrogens is 448 g/mol. The van der Waals surface area contributed by atoms with Crippen molar-refractivity contribution in [2.45, 2.75) is 33.5 Å². The molecule has 0 atom stereocenters. The van der Waals surface area contributed by atoms with Crippen molar-refractivity contribution in [3.63, 3.8) is 0 Å². The first kappa shape index (κ1) is 19.9. The van der Waals surface area contributed by atoms with Crippen LogP contribution in [0, 0.1) is 6.92 Å². The summed E-state index contributed by atoms with van der Waals surface area (Å²) >= 11 is 15.1. The number of anilines is 1. The van der Waals surface area contributed by atoms with Gasteiger partial charge in [-0.1, -0.05) is 29.8 Å². The fourth-order valence-electron chi connectivity index (χ4n) is 2.59. The first-order valence-corrected chi connectivity index (χ1v) is 10.1. The predicted molar refractivity (Wildman–Crippen MR) is 116 cm³/mol. The summed E-state index contributed by atoms with van der Waals surface area (Å²) in [5.41, 5.74) is 3.12.